The summed E-state index contributed by atoms with van der Waals surface area (Å²) >= 11 is 1.55. The van der Waals surface area contributed by atoms with Gasteiger partial charge < -0.3 is 14.6 Å². The molecule has 128 valence electrons. The molecule has 0 radical (unpaired) electrons. The Kier molecular flexibility index (Phi) is 4.23. The van der Waals surface area contributed by atoms with Crippen molar-refractivity contribution in [1.82, 2.24) is 15.5 Å². The predicted molar refractivity (Wildman–Crippen MR) is 94.2 cm³/mol. The summed E-state index contributed by atoms with van der Waals surface area (Å²) in [5.41, 5.74) is 0.841. The van der Waals surface area contributed by atoms with E-state index in [9.17, 15) is 4.79 Å². The third kappa shape index (κ3) is 3.56. The molecule has 1 fully saturated rings. The highest BCUT2D eigenvalue weighted by molar-refractivity contribution is 7.15. The zero-order valence-electron chi connectivity index (χ0n) is 13.7. The summed E-state index contributed by atoms with van der Waals surface area (Å²) in [5, 5.41) is 7.02. The van der Waals surface area contributed by atoms with Crippen LogP contribution in [0.5, 0.6) is 5.75 Å². The summed E-state index contributed by atoms with van der Waals surface area (Å²) in [6, 6.07) is 11.4. The van der Waals surface area contributed by atoms with Crippen molar-refractivity contribution in [2.24, 2.45) is 5.92 Å². The second-order valence-corrected chi connectivity index (χ2v) is 7.08. The maximum absolute atomic E-state index is 11.7. The quantitative estimate of drug-likeness (QED) is 0.732. The second-order valence-electron chi connectivity index (χ2n) is 5.91. The van der Waals surface area contributed by atoms with Gasteiger partial charge in [0.05, 0.1) is 18.5 Å². The van der Waals surface area contributed by atoms with Crippen molar-refractivity contribution in [3.63, 3.8) is 0 Å². The van der Waals surface area contributed by atoms with Crippen LogP contribution in [0.25, 0.3) is 22.2 Å². The maximum atomic E-state index is 11.7. The zero-order valence-corrected chi connectivity index (χ0v) is 14.5. The number of thiophene rings is 1. The fourth-order valence-electron chi connectivity index (χ4n) is 2.43. The van der Waals surface area contributed by atoms with Crippen LogP contribution < -0.4 is 10.1 Å². The monoisotopic (exact) mass is 355 g/mol. The van der Waals surface area contributed by atoms with Gasteiger partial charge in [0.25, 0.3) is 5.89 Å². The van der Waals surface area contributed by atoms with Crippen LogP contribution in [0.4, 0.5) is 0 Å². The third-order valence-corrected chi connectivity index (χ3v) is 5.11. The lowest BCUT2D eigenvalue weighted by Gasteiger charge is -2.00. The Morgan fingerprint density at radius 1 is 1.28 bits per heavy atom. The van der Waals surface area contributed by atoms with Crippen LogP contribution in [0.2, 0.25) is 0 Å². The summed E-state index contributed by atoms with van der Waals surface area (Å²) in [6.07, 6.45) is 2.02. The van der Waals surface area contributed by atoms with E-state index < -0.39 is 0 Å². The van der Waals surface area contributed by atoms with Crippen molar-refractivity contribution in [3.05, 3.63) is 41.3 Å². The fourth-order valence-corrected chi connectivity index (χ4v) is 3.30. The van der Waals surface area contributed by atoms with E-state index in [4.69, 9.17) is 9.26 Å². The molecule has 0 unspecified atom stereocenters. The Hall–Kier alpha value is -2.67. The average molecular weight is 355 g/mol. The molecule has 1 aromatic carbocycles. The molecule has 1 aliphatic carbocycles. The van der Waals surface area contributed by atoms with Gasteiger partial charge in [-0.3, -0.25) is 4.79 Å². The molecule has 0 aliphatic heterocycles. The van der Waals surface area contributed by atoms with Crippen LogP contribution in [0, 0.1) is 5.92 Å². The molecule has 25 heavy (non-hydrogen) atoms. The van der Waals surface area contributed by atoms with Gasteiger partial charge >= 0.3 is 0 Å². The number of benzene rings is 1. The summed E-state index contributed by atoms with van der Waals surface area (Å²) < 4.78 is 10.5. The van der Waals surface area contributed by atoms with Crippen molar-refractivity contribution in [2.75, 3.05) is 7.11 Å². The van der Waals surface area contributed by atoms with Crippen LogP contribution in [0.1, 0.15) is 17.7 Å². The molecule has 4 rings (SSSR count). The SMILES string of the molecule is COc1ccc(-c2nc(-c3ccc(CNC(=O)C4CC4)s3)no2)cc1. The third-order valence-electron chi connectivity index (χ3n) is 4.03. The molecule has 3 aromatic rings. The molecule has 2 heterocycles. The molecule has 1 saturated carbocycles. The minimum atomic E-state index is 0.149. The molecule has 6 nitrogen and oxygen atoms in total. The highest BCUT2D eigenvalue weighted by Crippen LogP contribution is 2.30. The van der Waals surface area contributed by atoms with Gasteiger partial charge in [-0.15, -0.1) is 11.3 Å². The van der Waals surface area contributed by atoms with E-state index in [1.807, 2.05) is 36.4 Å². The van der Waals surface area contributed by atoms with Crippen molar-refractivity contribution in [1.29, 1.82) is 0 Å². The number of ether oxygens (including phenoxy) is 1. The number of amides is 1. The van der Waals surface area contributed by atoms with Crippen LogP contribution in [-0.4, -0.2) is 23.2 Å². The number of nitrogens with zero attached hydrogens (tertiary/aromatic N) is 2. The van der Waals surface area contributed by atoms with Crippen LogP contribution in [0.3, 0.4) is 0 Å². The van der Waals surface area contributed by atoms with Gasteiger partial charge in [-0.1, -0.05) is 5.16 Å². The second kappa shape index (κ2) is 6.68. The number of hydrogen-bond acceptors (Lipinski definition) is 6. The van der Waals surface area contributed by atoms with E-state index in [1.54, 1.807) is 18.4 Å². The number of carbonyl (C=O) groups excluding carboxylic acids is 1. The van der Waals surface area contributed by atoms with E-state index in [2.05, 4.69) is 15.5 Å². The van der Waals surface area contributed by atoms with E-state index >= 15 is 0 Å². The standard InChI is InChI=1S/C18H17N3O3S/c1-23-13-6-4-12(5-7-13)18-20-16(21-24-18)15-9-8-14(25-15)10-19-17(22)11-2-3-11/h4-9,11H,2-3,10H2,1H3,(H,19,22). The average Bonchev–Trinajstić information content (AvgIpc) is 3.19. The van der Waals surface area contributed by atoms with E-state index in [0.717, 1.165) is 33.9 Å². The van der Waals surface area contributed by atoms with Gasteiger partial charge in [0.1, 0.15) is 5.75 Å². The first-order valence-corrected chi connectivity index (χ1v) is 8.89. The van der Waals surface area contributed by atoms with Gasteiger partial charge in [-0.25, -0.2) is 0 Å². The maximum Gasteiger partial charge on any atom is 0.258 e. The smallest absolute Gasteiger partial charge is 0.258 e. The molecular formula is C18H17N3O3S. The number of nitrogens with one attached hydrogen (secondary N) is 1. The number of rotatable bonds is 6. The minimum absolute atomic E-state index is 0.149. The molecular weight excluding hydrogens is 338 g/mol. The van der Waals surface area contributed by atoms with Crippen LogP contribution >= 0.6 is 11.3 Å². The van der Waals surface area contributed by atoms with Gasteiger partial charge in [-0.2, -0.15) is 4.98 Å². The summed E-state index contributed by atoms with van der Waals surface area (Å²) in [6.45, 7) is 0.545. The Morgan fingerprint density at radius 3 is 2.80 bits per heavy atom. The molecule has 1 aliphatic rings. The molecule has 1 amide bonds. The predicted octanol–water partition coefficient (Wildman–Crippen LogP) is 3.50. The number of carbonyl (C=O) groups is 1. The van der Waals surface area contributed by atoms with E-state index in [0.29, 0.717) is 18.3 Å². The molecule has 7 heteroatoms. The van der Waals surface area contributed by atoms with E-state index in [1.165, 1.54) is 0 Å². The molecule has 1 N–H and O–H groups in total. The highest BCUT2D eigenvalue weighted by atomic mass is 32.1. The molecule has 0 atom stereocenters. The molecule has 0 bridgehead atoms. The van der Waals surface area contributed by atoms with Crippen molar-refractivity contribution in [3.8, 4) is 27.9 Å². The Morgan fingerprint density at radius 2 is 2.08 bits per heavy atom. The highest BCUT2D eigenvalue weighted by Gasteiger charge is 2.29. The minimum Gasteiger partial charge on any atom is -0.497 e. The normalized spacial score (nSPS) is 13.6. The van der Waals surface area contributed by atoms with E-state index in [-0.39, 0.29) is 11.8 Å². The lowest BCUT2D eigenvalue weighted by atomic mass is 10.2. The molecule has 0 saturated heterocycles. The number of methoxy groups -OCH3 is 1. The molecule has 0 spiro atoms. The van der Waals surface area contributed by atoms with Crippen molar-refractivity contribution in [2.45, 2.75) is 19.4 Å². The Balaban J connectivity index is 1.45. The Labute approximate surface area is 148 Å². The summed E-state index contributed by atoms with van der Waals surface area (Å²) in [4.78, 5) is 18.1. The molecule has 2 aromatic heterocycles. The van der Waals surface area contributed by atoms with Crippen LogP contribution in [0.15, 0.2) is 40.9 Å². The first-order chi connectivity index (χ1) is 12.2. The largest absolute Gasteiger partial charge is 0.497 e. The fraction of sp³-hybridized carbons (Fsp3) is 0.278. The first-order valence-electron chi connectivity index (χ1n) is 8.08. The first kappa shape index (κ1) is 15.8. The van der Waals surface area contributed by atoms with Crippen molar-refractivity contribution < 1.29 is 14.1 Å². The summed E-state index contributed by atoms with van der Waals surface area (Å²) in [7, 11) is 1.63. The topological polar surface area (TPSA) is 77.2 Å². The van der Waals surface area contributed by atoms with Gasteiger partial charge in [0.2, 0.25) is 11.7 Å². The van der Waals surface area contributed by atoms with Gasteiger partial charge in [-0.05, 0) is 49.2 Å². The number of aromatic nitrogens is 2. The summed E-state index contributed by atoms with van der Waals surface area (Å²) in [5.74, 6) is 2.17. The zero-order chi connectivity index (χ0) is 17.2. The van der Waals surface area contributed by atoms with Crippen LogP contribution in [-0.2, 0) is 11.3 Å². The lowest BCUT2D eigenvalue weighted by Crippen LogP contribution is -2.23. The Bertz CT molecular complexity index is 881. The van der Waals surface area contributed by atoms with Gasteiger partial charge in [0, 0.05) is 16.4 Å². The van der Waals surface area contributed by atoms with Gasteiger partial charge in [0.15, 0.2) is 0 Å². The number of hydrogen-bond donors (Lipinski definition) is 1. The van der Waals surface area contributed by atoms with Crippen molar-refractivity contribution >= 4 is 17.2 Å². The lowest BCUT2D eigenvalue weighted by molar-refractivity contribution is -0.122.